The zero-order chi connectivity index (χ0) is 19.9. The van der Waals surface area contributed by atoms with Crippen LogP contribution in [0.2, 0.25) is 0 Å². The van der Waals surface area contributed by atoms with Crippen molar-refractivity contribution in [3.8, 4) is 0 Å². The molecule has 0 aliphatic rings. The fraction of sp³-hybridized carbons (Fsp3) is 0.400. The van der Waals surface area contributed by atoms with Crippen molar-refractivity contribution < 1.29 is 4.79 Å². The third-order valence-electron chi connectivity index (χ3n) is 4.52. The highest BCUT2D eigenvalue weighted by molar-refractivity contribution is 7.99. The van der Waals surface area contributed by atoms with Gasteiger partial charge in [0.1, 0.15) is 0 Å². The van der Waals surface area contributed by atoms with Gasteiger partial charge in [0.15, 0.2) is 5.78 Å². The van der Waals surface area contributed by atoms with Crippen LogP contribution in [-0.2, 0) is 16.3 Å². The number of carbonyl (C=O) groups is 1. The van der Waals surface area contributed by atoms with Crippen molar-refractivity contribution in [2.45, 2.75) is 55.8 Å². The average Bonchev–Trinajstić information content (AvgIpc) is 2.72. The van der Waals surface area contributed by atoms with E-state index in [1.54, 1.807) is 13.0 Å². The van der Waals surface area contributed by atoms with Gasteiger partial charge in [-0.25, -0.2) is 0 Å². The Bertz CT molecular complexity index is 682. The summed E-state index contributed by atoms with van der Waals surface area (Å²) in [5.74, 6) is 3.56. The molecule has 0 aliphatic carbocycles. The largest absolute Gasteiger partial charge is 0.295 e. The van der Waals surface area contributed by atoms with Gasteiger partial charge in [-0.05, 0) is 55.6 Å². The molecule has 1 unspecified atom stereocenters. The summed E-state index contributed by atoms with van der Waals surface area (Å²) in [6.45, 7) is 1.61. The van der Waals surface area contributed by atoms with Gasteiger partial charge in [-0.3, -0.25) is 4.79 Å². The van der Waals surface area contributed by atoms with Crippen LogP contribution in [0.3, 0.4) is 0 Å². The first-order valence-electron chi connectivity index (χ1n) is 10.2. The van der Waals surface area contributed by atoms with Crippen molar-refractivity contribution >= 4 is 29.3 Å². The minimum atomic E-state index is 0.145. The second-order valence-corrected chi connectivity index (χ2v) is 9.44. The van der Waals surface area contributed by atoms with E-state index < -0.39 is 0 Å². The van der Waals surface area contributed by atoms with E-state index in [0.717, 1.165) is 17.9 Å². The minimum absolute atomic E-state index is 0.145. The highest BCUT2D eigenvalue weighted by atomic mass is 32.2. The molecular formula is C25H32OS2. The number of unbranched alkanes of at least 4 members (excludes halogenated alkanes) is 2. The Labute approximate surface area is 179 Å². The number of ketones is 1. The molecule has 2 aromatic carbocycles. The normalized spacial score (nSPS) is 12.3. The Kier molecular flexibility index (Phi) is 11.9. The van der Waals surface area contributed by atoms with Gasteiger partial charge in [0.2, 0.25) is 0 Å². The Morgan fingerprint density at radius 3 is 2.18 bits per heavy atom. The molecule has 0 aliphatic heterocycles. The molecule has 3 heteroatoms. The molecule has 150 valence electrons. The van der Waals surface area contributed by atoms with Gasteiger partial charge in [0, 0.05) is 16.8 Å². The number of rotatable bonds is 14. The predicted molar refractivity (Wildman–Crippen MR) is 127 cm³/mol. The zero-order valence-electron chi connectivity index (χ0n) is 16.9. The maximum Gasteiger partial charge on any atom is 0.152 e. The molecule has 0 heterocycles. The van der Waals surface area contributed by atoms with Gasteiger partial charge in [0.05, 0.1) is 0 Å². The number of carbonyl (C=O) groups excluding carboxylic acids is 1. The van der Waals surface area contributed by atoms with Crippen molar-refractivity contribution in [2.24, 2.45) is 0 Å². The predicted octanol–water partition coefficient (Wildman–Crippen LogP) is 7.32. The number of thioether (sulfide) groups is 2. The summed E-state index contributed by atoms with van der Waals surface area (Å²) in [4.78, 5) is 11.0. The molecule has 0 radical (unpaired) electrons. The number of benzene rings is 2. The fourth-order valence-corrected chi connectivity index (χ4v) is 5.37. The van der Waals surface area contributed by atoms with Gasteiger partial charge < -0.3 is 0 Å². The minimum Gasteiger partial charge on any atom is -0.295 e. The highest BCUT2D eigenvalue weighted by Gasteiger charge is 2.10. The first-order valence-corrected chi connectivity index (χ1v) is 12.4. The molecule has 0 fully saturated rings. The first kappa shape index (κ1) is 22.8. The quantitative estimate of drug-likeness (QED) is 0.239. The molecule has 2 aromatic rings. The van der Waals surface area contributed by atoms with Crippen LogP contribution in [-0.4, -0.2) is 16.8 Å². The van der Waals surface area contributed by atoms with E-state index in [1.807, 2.05) is 17.8 Å². The third kappa shape index (κ3) is 10.8. The van der Waals surface area contributed by atoms with E-state index in [1.165, 1.54) is 42.6 Å². The van der Waals surface area contributed by atoms with E-state index in [9.17, 15) is 4.79 Å². The molecular weight excluding hydrogens is 380 g/mol. The Morgan fingerprint density at radius 2 is 1.54 bits per heavy atom. The first-order chi connectivity index (χ1) is 13.7. The lowest BCUT2D eigenvalue weighted by molar-refractivity contribution is -0.112. The van der Waals surface area contributed by atoms with Crippen LogP contribution in [0.25, 0.3) is 0 Å². The van der Waals surface area contributed by atoms with Crippen molar-refractivity contribution in [1.82, 2.24) is 0 Å². The number of hydrogen-bond acceptors (Lipinski definition) is 3. The SMILES string of the molecule is CC(=O)/C=C/CCCCC(CCSCc1ccccc1)SCc1ccccc1. The highest BCUT2D eigenvalue weighted by Crippen LogP contribution is 2.27. The maximum absolute atomic E-state index is 11.0. The van der Waals surface area contributed by atoms with E-state index in [4.69, 9.17) is 0 Å². The van der Waals surface area contributed by atoms with Crippen LogP contribution < -0.4 is 0 Å². The third-order valence-corrected chi connectivity index (χ3v) is 7.03. The molecule has 28 heavy (non-hydrogen) atoms. The molecule has 0 bridgehead atoms. The summed E-state index contributed by atoms with van der Waals surface area (Å²) in [6.07, 6.45) is 9.65. The molecule has 0 saturated carbocycles. The second kappa shape index (κ2) is 14.5. The van der Waals surface area contributed by atoms with Gasteiger partial charge >= 0.3 is 0 Å². The molecule has 0 saturated heterocycles. The Hall–Kier alpha value is -1.45. The maximum atomic E-state index is 11.0. The van der Waals surface area contributed by atoms with Crippen LogP contribution in [0, 0.1) is 0 Å². The molecule has 2 rings (SSSR count). The summed E-state index contributed by atoms with van der Waals surface area (Å²) < 4.78 is 0. The average molecular weight is 413 g/mol. The summed E-state index contributed by atoms with van der Waals surface area (Å²) in [7, 11) is 0. The summed E-state index contributed by atoms with van der Waals surface area (Å²) in [6, 6.07) is 21.5. The van der Waals surface area contributed by atoms with Crippen LogP contribution in [0.1, 0.15) is 50.2 Å². The monoisotopic (exact) mass is 412 g/mol. The lowest BCUT2D eigenvalue weighted by atomic mass is 10.1. The molecule has 0 N–H and O–H groups in total. The summed E-state index contributed by atoms with van der Waals surface area (Å²) in [5.41, 5.74) is 2.83. The van der Waals surface area contributed by atoms with Gasteiger partial charge in [-0.2, -0.15) is 23.5 Å². The van der Waals surface area contributed by atoms with Crippen molar-refractivity contribution in [1.29, 1.82) is 0 Å². The van der Waals surface area contributed by atoms with Crippen molar-refractivity contribution in [3.05, 3.63) is 83.9 Å². The summed E-state index contributed by atoms with van der Waals surface area (Å²) >= 11 is 4.15. The van der Waals surface area contributed by atoms with Gasteiger partial charge in [0.25, 0.3) is 0 Å². The van der Waals surface area contributed by atoms with Crippen LogP contribution in [0.15, 0.2) is 72.8 Å². The fourth-order valence-electron chi connectivity index (χ4n) is 2.96. The molecule has 1 atom stereocenters. The molecule has 0 spiro atoms. The van der Waals surface area contributed by atoms with Gasteiger partial charge in [-0.1, -0.05) is 73.2 Å². The standard InChI is InChI=1S/C25H32OS2/c1-22(26)12-6-2-3-11-17-25(28-21-24-15-9-5-10-16-24)18-19-27-20-23-13-7-4-8-14-23/h4-10,12-16,25H,2-3,11,17-21H2,1H3/b12-6+. The number of allylic oxidation sites excluding steroid dienone is 2. The smallest absolute Gasteiger partial charge is 0.152 e. The molecule has 0 aromatic heterocycles. The zero-order valence-corrected chi connectivity index (χ0v) is 18.5. The van der Waals surface area contributed by atoms with Crippen molar-refractivity contribution in [2.75, 3.05) is 5.75 Å². The Balaban J connectivity index is 1.71. The number of hydrogen-bond donors (Lipinski definition) is 0. The van der Waals surface area contributed by atoms with Gasteiger partial charge in [-0.15, -0.1) is 0 Å². The Morgan fingerprint density at radius 1 is 0.893 bits per heavy atom. The topological polar surface area (TPSA) is 17.1 Å². The van der Waals surface area contributed by atoms with Crippen LogP contribution in [0.4, 0.5) is 0 Å². The van der Waals surface area contributed by atoms with Crippen LogP contribution >= 0.6 is 23.5 Å². The van der Waals surface area contributed by atoms with E-state index in [0.29, 0.717) is 5.25 Å². The van der Waals surface area contributed by atoms with Crippen LogP contribution in [0.5, 0.6) is 0 Å². The van der Waals surface area contributed by atoms with E-state index in [2.05, 4.69) is 72.4 Å². The lowest BCUT2D eigenvalue weighted by Crippen LogP contribution is -2.05. The van der Waals surface area contributed by atoms with E-state index in [-0.39, 0.29) is 5.78 Å². The lowest BCUT2D eigenvalue weighted by Gasteiger charge is -2.16. The summed E-state index contributed by atoms with van der Waals surface area (Å²) in [5, 5.41) is 0.709. The molecule has 1 nitrogen and oxygen atoms in total. The molecule has 0 amide bonds. The van der Waals surface area contributed by atoms with Crippen molar-refractivity contribution in [3.63, 3.8) is 0 Å². The second-order valence-electron chi connectivity index (χ2n) is 7.04. The van der Waals surface area contributed by atoms with E-state index >= 15 is 0 Å².